The minimum absolute atomic E-state index is 0.198. The third-order valence-corrected chi connectivity index (χ3v) is 3.88. The van der Waals surface area contributed by atoms with Crippen LogP contribution in [0.3, 0.4) is 0 Å². The molecule has 0 aromatic heterocycles. The standard InChI is InChI=1S/C15H20O2/c1-2-11-9-6-10-13(16)14(11)15(17)12-7-4-3-5-8-12/h3-5,7-8,11,14-15,17H,2,6,9-10H2,1H3/t11-,14+,15+/m1/s1. The number of rotatable bonds is 3. The van der Waals surface area contributed by atoms with Gasteiger partial charge in [0.1, 0.15) is 5.78 Å². The first kappa shape index (κ1) is 12.3. The number of aliphatic hydroxyl groups is 1. The molecule has 2 heteroatoms. The highest BCUT2D eigenvalue weighted by Crippen LogP contribution is 2.38. The number of Topliss-reactive ketones (excluding diaryl/α,β-unsaturated/α-hetero) is 1. The van der Waals surface area contributed by atoms with Gasteiger partial charge >= 0.3 is 0 Å². The monoisotopic (exact) mass is 232 g/mol. The smallest absolute Gasteiger partial charge is 0.139 e. The summed E-state index contributed by atoms with van der Waals surface area (Å²) in [6, 6.07) is 9.55. The summed E-state index contributed by atoms with van der Waals surface area (Å²) in [7, 11) is 0. The lowest BCUT2D eigenvalue weighted by molar-refractivity contribution is -0.132. The van der Waals surface area contributed by atoms with Crippen molar-refractivity contribution in [1.29, 1.82) is 0 Å². The Morgan fingerprint density at radius 1 is 1.35 bits per heavy atom. The summed E-state index contributed by atoms with van der Waals surface area (Å²) in [5.41, 5.74) is 0.867. The zero-order chi connectivity index (χ0) is 12.3. The van der Waals surface area contributed by atoms with Crippen LogP contribution in [0, 0.1) is 11.8 Å². The molecule has 1 aliphatic rings. The summed E-state index contributed by atoms with van der Waals surface area (Å²) in [5.74, 6) is 0.377. The summed E-state index contributed by atoms with van der Waals surface area (Å²) in [4.78, 5) is 12.0. The van der Waals surface area contributed by atoms with Crippen LogP contribution in [-0.4, -0.2) is 10.9 Å². The molecule has 1 saturated carbocycles. The Kier molecular flexibility index (Phi) is 3.95. The Morgan fingerprint density at radius 2 is 2.06 bits per heavy atom. The number of ketones is 1. The van der Waals surface area contributed by atoms with E-state index in [9.17, 15) is 9.90 Å². The van der Waals surface area contributed by atoms with Crippen LogP contribution in [0.1, 0.15) is 44.3 Å². The molecule has 0 bridgehead atoms. The van der Waals surface area contributed by atoms with E-state index in [1.54, 1.807) is 0 Å². The molecule has 0 saturated heterocycles. The minimum atomic E-state index is -0.631. The Labute approximate surface area is 103 Å². The molecule has 2 rings (SSSR count). The summed E-state index contributed by atoms with van der Waals surface area (Å²) in [6.07, 6.45) is 3.02. The summed E-state index contributed by atoms with van der Waals surface area (Å²) >= 11 is 0. The minimum Gasteiger partial charge on any atom is -0.388 e. The predicted octanol–water partition coefficient (Wildman–Crippen LogP) is 3.12. The third kappa shape index (κ3) is 2.58. The first-order valence-corrected chi connectivity index (χ1v) is 6.49. The van der Waals surface area contributed by atoms with E-state index in [-0.39, 0.29) is 11.7 Å². The Bertz CT molecular complexity index is 372. The second kappa shape index (κ2) is 5.46. The van der Waals surface area contributed by atoms with Crippen molar-refractivity contribution in [2.75, 3.05) is 0 Å². The molecule has 0 heterocycles. The number of hydrogen-bond donors (Lipinski definition) is 1. The Hall–Kier alpha value is -1.15. The fourth-order valence-corrected chi connectivity index (χ4v) is 2.90. The average Bonchev–Trinajstić information content (AvgIpc) is 2.38. The molecule has 0 unspecified atom stereocenters. The molecule has 3 atom stereocenters. The molecule has 1 aromatic carbocycles. The van der Waals surface area contributed by atoms with E-state index in [2.05, 4.69) is 6.92 Å². The molecule has 1 fully saturated rings. The van der Waals surface area contributed by atoms with Crippen LogP contribution in [0.15, 0.2) is 30.3 Å². The fraction of sp³-hybridized carbons (Fsp3) is 0.533. The molecule has 2 nitrogen and oxygen atoms in total. The van der Waals surface area contributed by atoms with Gasteiger partial charge in [0.05, 0.1) is 12.0 Å². The molecule has 1 aliphatic carbocycles. The normalized spacial score (nSPS) is 26.8. The van der Waals surface area contributed by atoms with E-state index in [4.69, 9.17) is 0 Å². The number of benzene rings is 1. The zero-order valence-corrected chi connectivity index (χ0v) is 10.3. The predicted molar refractivity (Wildman–Crippen MR) is 67.5 cm³/mol. The second-order valence-electron chi connectivity index (χ2n) is 4.91. The van der Waals surface area contributed by atoms with Gasteiger partial charge in [0.2, 0.25) is 0 Å². The van der Waals surface area contributed by atoms with Gasteiger partial charge in [-0.25, -0.2) is 0 Å². The average molecular weight is 232 g/mol. The maximum atomic E-state index is 12.0. The van der Waals surface area contributed by atoms with Crippen molar-refractivity contribution in [3.8, 4) is 0 Å². The lowest BCUT2D eigenvalue weighted by Gasteiger charge is -2.33. The quantitative estimate of drug-likeness (QED) is 0.869. The fourth-order valence-electron chi connectivity index (χ4n) is 2.90. The van der Waals surface area contributed by atoms with E-state index in [1.807, 2.05) is 30.3 Å². The lowest BCUT2D eigenvalue weighted by atomic mass is 9.72. The first-order valence-electron chi connectivity index (χ1n) is 6.49. The van der Waals surface area contributed by atoms with E-state index in [0.29, 0.717) is 12.3 Å². The third-order valence-electron chi connectivity index (χ3n) is 3.88. The number of carbonyl (C=O) groups excluding carboxylic acids is 1. The largest absolute Gasteiger partial charge is 0.388 e. The zero-order valence-electron chi connectivity index (χ0n) is 10.3. The van der Waals surface area contributed by atoms with Gasteiger partial charge in [-0.2, -0.15) is 0 Å². The number of carbonyl (C=O) groups is 1. The number of aliphatic hydroxyl groups excluding tert-OH is 1. The van der Waals surface area contributed by atoms with Crippen molar-refractivity contribution in [2.24, 2.45) is 11.8 Å². The highest BCUT2D eigenvalue weighted by atomic mass is 16.3. The molecular formula is C15H20O2. The van der Waals surface area contributed by atoms with Gasteiger partial charge in [-0.15, -0.1) is 0 Å². The maximum absolute atomic E-state index is 12.0. The maximum Gasteiger partial charge on any atom is 0.139 e. The molecule has 92 valence electrons. The van der Waals surface area contributed by atoms with Crippen molar-refractivity contribution < 1.29 is 9.90 Å². The van der Waals surface area contributed by atoms with Gasteiger partial charge in [-0.05, 0) is 24.3 Å². The van der Waals surface area contributed by atoms with E-state index in [1.165, 1.54) is 0 Å². The second-order valence-corrected chi connectivity index (χ2v) is 4.91. The molecule has 0 amide bonds. The van der Waals surface area contributed by atoms with Crippen molar-refractivity contribution in [2.45, 2.75) is 38.7 Å². The molecule has 1 aromatic rings. The van der Waals surface area contributed by atoms with Crippen LogP contribution in [0.2, 0.25) is 0 Å². The van der Waals surface area contributed by atoms with Crippen molar-refractivity contribution in [1.82, 2.24) is 0 Å². The number of hydrogen-bond acceptors (Lipinski definition) is 2. The molecule has 0 spiro atoms. The summed E-state index contributed by atoms with van der Waals surface area (Å²) in [6.45, 7) is 2.11. The van der Waals surface area contributed by atoms with Crippen molar-refractivity contribution >= 4 is 5.78 Å². The van der Waals surface area contributed by atoms with Gasteiger partial charge in [-0.1, -0.05) is 43.7 Å². The van der Waals surface area contributed by atoms with Crippen LogP contribution in [0.4, 0.5) is 0 Å². The summed E-state index contributed by atoms with van der Waals surface area (Å²) < 4.78 is 0. The van der Waals surface area contributed by atoms with E-state index < -0.39 is 6.10 Å². The van der Waals surface area contributed by atoms with Crippen LogP contribution in [0.5, 0.6) is 0 Å². The van der Waals surface area contributed by atoms with Gasteiger partial charge in [0, 0.05) is 6.42 Å². The van der Waals surface area contributed by atoms with Gasteiger partial charge in [0.25, 0.3) is 0 Å². The first-order chi connectivity index (χ1) is 8.24. The van der Waals surface area contributed by atoms with Gasteiger partial charge < -0.3 is 5.11 Å². The molecule has 1 N–H and O–H groups in total. The topological polar surface area (TPSA) is 37.3 Å². The SMILES string of the molecule is CC[C@@H]1CCCC(=O)[C@H]1[C@@H](O)c1ccccc1. The Balaban J connectivity index is 2.21. The molecular weight excluding hydrogens is 212 g/mol. The Morgan fingerprint density at radius 3 is 2.71 bits per heavy atom. The van der Waals surface area contributed by atoms with E-state index in [0.717, 1.165) is 24.8 Å². The molecule has 17 heavy (non-hydrogen) atoms. The van der Waals surface area contributed by atoms with Crippen LogP contribution in [-0.2, 0) is 4.79 Å². The van der Waals surface area contributed by atoms with E-state index >= 15 is 0 Å². The molecule has 0 aliphatic heterocycles. The highest BCUT2D eigenvalue weighted by Gasteiger charge is 2.36. The van der Waals surface area contributed by atoms with Crippen molar-refractivity contribution in [3.63, 3.8) is 0 Å². The van der Waals surface area contributed by atoms with Crippen molar-refractivity contribution in [3.05, 3.63) is 35.9 Å². The van der Waals surface area contributed by atoms with Crippen LogP contribution >= 0.6 is 0 Å². The van der Waals surface area contributed by atoms with Gasteiger partial charge in [0.15, 0.2) is 0 Å². The summed E-state index contributed by atoms with van der Waals surface area (Å²) in [5, 5.41) is 10.4. The van der Waals surface area contributed by atoms with Crippen LogP contribution in [0.25, 0.3) is 0 Å². The lowest BCUT2D eigenvalue weighted by Crippen LogP contribution is -2.33. The van der Waals surface area contributed by atoms with Crippen LogP contribution < -0.4 is 0 Å². The highest BCUT2D eigenvalue weighted by molar-refractivity contribution is 5.82. The molecule has 0 radical (unpaired) electrons. The van der Waals surface area contributed by atoms with Gasteiger partial charge in [-0.3, -0.25) is 4.79 Å².